The van der Waals surface area contributed by atoms with Crippen LogP contribution in [0.1, 0.15) is 25.7 Å². The third-order valence-corrected chi connectivity index (χ3v) is 5.21. The molecule has 0 heterocycles. The Morgan fingerprint density at radius 1 is 1.38 bits per heavy atom. The summed E-state index contributed by atoms with van der Waals surface area (Å²) in [6.45, 7) is 0. The predicted octanol–water partition coefficient (Wildman–Crippen LogP) is 4.02. The maximum absolute atomic E-state index is 12.3. The number of halogens is 2. The van der Waals surface area contributed by atoms with Crippen LogP contribution in [-0.2, 0) is 14.3 Å². The molecule has 6 heteroatoms. The van der Waals surface area contributed by atoms with Crippen molar-refractivity contribution in [2.75, 3.05) is 19.5 Å². The average molecular weight is 377 g/mol. The van der Waals surface area contributed by atoms with Gasteiger partial charge in [-0.05, 0) is 59.8 Å². The second-order valence-corrected chi connectivity index (χ2v) is 6.52. The Balaban J connectivity index is 2.21. The quantitative estimate of drug-likeness (QED) is 0.806. The lowest BCUT2D eigenvalue weighted by Crippen LogP contribution is -2.50. The molecule has 1 aliphatic rings. The van der Waals surface area contributed by atoms with Gasteiger partial charge in [0, 0.05) is 17.3 Å². The highest BCUT2D eigenvalue weighted by Gasteiger charge is 2.43. The van der Waals surface area contributed by atoms with Gasteiger partial charge in [0.05, 0.1) is 18.2 Å². The van der Waals surface area contributed by atoms with Crippen LogP contribution in [-0.4, -0.2) is 31.8 Å². The minimum Gasteiger partial charge on any atom is -0.467 e. The van der Waals surface area contributed by atoms with Crippen LogP contribution in [0.4, 0.5) is 5.69 Å². The summed E-state index contributed by atoms with van der Waals surface area (Å²) in [5.74, 6) is -0.233. The maximum atomic E-state index is 12.3. The molecule has 1 aromatic rings. The summed E-state index contributed by atoms with van der Waals surface area (Å²) in [5, 5.41) is 3.97. The van der Waals surface area contributed by atoms with E-state index in [4.69, 9.17) is 21.1 Å². The molecule has 116 valence electrons. The summed E-state index contributed by atoms with van der Waals surface area (Å²) in [6.07, 6.45) is 3.22. The van der Waals surface area contributed by atoms with Crippen LogP contribution in [0.2, 0.25) is 5.02 Å². The van der Waals surface area contributed by atoms with Crippen molar-refractivity contribution in [1.29, 1.82) is 0 Å². The fraction of sp³-hybridized carbons (Fsp3) is 0.533. The van der Waals surface area contributed by atoms with Gasteiger partial charge in [0.15, 0.2) is 0 Å². The Labute approximate surface area is 138 Å². The number of carbonyl (C=O) groups is 1. The molecular weight excluding hydrogens is 358 g/mol. The number of rotatable bonds is 4. The fourth-order valence-electron chi connectivity index (χ4n) is 2.75. The topological polar surface area (TPSA) is 47.6 Å². The predicted molar refractivity (Wildman–Crippen MR) is 86.8 cm³/mol. The van der Waals surface area contributed by atoms with E-state index in [1.54, 1.807) is 13.2 Å². The highest BCUT2D eigenvalue weighted by Crippen LogP contribution is 2.35. The van der Waals surface area contributed by atoms with Crippen molar-refractivity contribution >= 4 is 39.2 Å². The van der Waals surface area contributed by atoms with E-state index < -0.39 is 5.54 Å². The van der Waals surface area contributed by atoms with Gasteiger partial charge in [-0.15, -0.1) is 0 Å². The number of hydrogen-bond acceptors (Lipinski definition) is 4. The summed E-state index contributed by atoms with van der Waals surface area (Å²) in [5.41, 5.74) is 0.143. The molecule has 0 bridgehead atoms. The van der Waals surface area contributed by atoms with Crippen LogP contribution >= 0.6 is 27.5 Å². The molecule has 2 rings (SSSR count). The molecule has 0 unspecified atom stereocenters. The van der Waals surface area contributed by atoms with E-state index >= 15 is 0 Å². The standard InChI is InChI=1S/C15H19BrClNO3/c1-20-11-5-7-15(8-6-11,14(19)21-2)18-10-3-4-13(17)12(16)9-10/h3-4,9,11,18H,5-8H2,1-2H3. The number of carbonyl (C=O) groups excluding carboxylic acids is 1. The van der Waals surface area contributed by atoms with Crippen LogP contribution in [0.15, 0.2) is 22.7 Å². The third kappa shape index (κ3) is 3.71. The van der Waals surface area contributed by atoms with Gasteiger partial charge in [-0.2, -0.15) is 0 Å². The van der Waals surface area contributed by atoms with Crippen molar-refractivity contribution in [2.45, 2.75) is 37.3 Å². The Kier molecular flexibility index (Phi) is 5.52. The first-order valence-corrected chi connectivity index (χ1v) is 8.02. The van der Waals surface area contributed by atoms with Crippen molar-refractivity contribution in [3.63, 3.8) is 0 Å². The molecule has 1 N–H and O–H groups in total. The van der Waals surface area contributed by atoms with Crippen LogP contribution in [0.25, 0.3) is 0 Å². The van der Waals surface area contributed by atoms with Gasteiger partial charge in [-0.1, -0.05) is 11.6 Å². The SMILES string of the molecule is COC(=O)C1(Nc2ccc(Cl)c(Br)c2)CCC(OC)CC1. The molecule has 0 amide bonds. The van der Waals surface area contributed by atoms with Gasteiger partial charge in [0.25, 0.3) is 0 Å². The van der Waals surface area contributed by atoms with E-state index in [1.807, 2.05) is 12.1 Å². The highest BCUT2D eigenvalue weighted by atomic mass is 79.9. The normalized spacial score (nSPS) is 25.4. The van der Waals surface area contributed by atoms with Crippen molar-refractivity contribution in [3.8, 4) is 0 Å². The van der Waals surface area contributed by atoms with Gasteiger partial charge >= 0.3 is 5.97 Å². The number of methoxy groups -OCH3 is 2. The minimum atomic E-state index is -0.697. The summed E-state index contributed by atoms with van der Waals surface area (Å²) < 4.78 is 11.2. The molecule has 0 atom stereocenters. The van der Waals surface area contributed by atoms with E-state index in [0.29, 0.717) is 17.9 Å². The Morgan fingerprint density at radius 2 is 2.05 bits per heavy atom. The summed E-state index contributed by atoms with van der Waals surface area (Å²) in [7, 11) is 3.13. The summed E-state index contributed by atoms with van der Waals surface area (Å²) in [4.78, 5) is 12.3. The first-order valence-electron chi connectivity index (χ1n) is 6.85. The lowest BCUT2D eigenvalue weighted by Gasteiger charge is -2.38. The average Bonchev–Trinajstić information content (AvgIpc) is 2.51. The molecule has 1 fully saturated rings. The smallest absolute Gasteiger partial charge is 0.331 e. The van der Waals surface area contributed by atoms with Crippen molar-refractivity contribution in [2.24, 2.45) is 0 Å². The van der Waals surface area contributed by atoms with Crippen molar-refractivity contribution < 1.29 is 14.3 Å². The summed E-state index contributed by atoms with van der Waals surface area (Å²) in [6, 6.07) is 5.52. The number of nitrogens with one attached hydrogen (secondary N) is 1. The molecule has 0 radical (unpaired) electrons. The van der Waals surface area contributed by atoms with E-state index in [2.05, 4.69) is 21.2 Å². The second kappa shape index (κ2) is 6.99. The lowest BCUT2D eigenvalue weighted by atomic mass is 9.80. The van der Waals surface area contributed by atoms with Crippen LogP contribution < -0.4 is 5.32 Å². The van der Waals surface area contributed by atoms with E-state index in [1.165, 1.54) is 7.11 Å². The fourth-order valence-corrected chi connectivity index (χ4v) is 3.24. The van der Waals surface area contributed by atoms with E-state index in [0.717, 1.165) is 23.0 Å². The van der Waals surface area contributed by atoms with Crippen LogP contribution in [0, 0.1) is 0 Å². The van der Waals surface area contributed by atoms with Gasteiger partial charge in [0.2, 0.25) is 0 Å². The minimum absolute atomic E-state index is 0.210. The van der Waals surface area contributed by atoms with Crippen molar-refractivity contribution in [3.05, 3.63) is 27.7 Å². The van der Waals surface area contributed by atoms with Gasteiger partial charge in [-0.3, -0.25) is 0 Å². The molecule has 21 heavy (non-hydrogen) atoms. The number of ether oxygens (including phenoxy) is 2. The molecule has 0 aromatic heterocycles. The largest absolute Gasteiger partial charge is 0.467 e. The Hall–Kier alpha value is -0.780. The monoisotopic (exact) mass is 375 g/mol. The molecular formula is C15H19BrClNO3. The summed E-state index contributed by atoms with van der Waals surface area (Å²) >= 11 is 9.40. The number of anilines is 1. The molecule has 0 saturated heterocycles. The third-order valence-electron chi connectivity index (χ3n) is 4.00. The molecule has 1 saturated carbocycles. The first kappa shape index (κ1) is 16.6. The molecule has 1 aliphatic carbocycles. The number of benzene rings is 1. The molecule has 1 aromatic carbocycles. The van der Waals surface area contributed by atoms with Crippen LogP contribution in [0.3, 0.4) is 0 Å². The van der Waals surface area contributed by atoms with E-state index in [9.17, 15) is 4.79 Å². The molecule has 4 nitrogen and oxygen atoms in total. The lowest BCUT2D eigenvalue weighted by molar-refractivity contribution is -0.148. The first-order chi connectivity index (χ1) is 10.0. The van der Waals surface area contributed by atoms with Gasteiger partial charge in [-0.25, -0.2) is 4.79 Å². The number of esters is 1. The molecule has 0 spiro atoms. The number of hydrogen-bond donors (Lipinski definition) is 1. The Morgan fingerprint density at radius 3 is 2.57 bits per heavy atom. The van der Waals surface area contributed by atoms with Crippen molar-refractivity contribution in [1.82, 2.24) is 0 Å². The van der Waals surface area contributed by atoms with Gasteiger partial charge < -0.3 is 14.8 Å². The Bertz CT molecular complexity index is 516. The van der Waals surface area contributed by atoms with Gasteiger partial charge in [0.1, 0.15) is 5.54 Å². The highest BCUT2D eigenvalue weighted by molar-refractivity contribution is 9.10. The zero-order valence-electron chi connectivity index (χ0n) is 12.1. The maximum Gasteiger partial charge on any atom is 0.331 e. The van der Waals surface area contributed by atoms with E-state index in [-0.39, 0.29) is 12.1 Å². The van der Waals surface area contributed by atoms with Crippen LogP contribution in [0.5, 0.6) is 0 Å². The zero-order valence-corrected chi connectivity index (χ0v) is 14.5. The molecule has 0 aliphatic heterocycles. The zero-order chi connectivity index (χ0) is 15.5. The second-order valence-electron chi connectivity index (χ2n) is 5.26.